The van der Waals surface area contributed by atoms with E-state index in [1.807, 2.05) is 30.0 Å². The summed E-state index contributed by atoms with van der Waals surface area (Å²) >= 11 is 0. The molecule has 0 bridgehead atoms. The zero-order chi connectivity index (χ0) is 18.6. The summed E-state index contributed by atoms with van der Waals surface area (Å²) < 4.78 is 0. The van der Waals surface area contributed by atoms with Crippen LogP contribution < -0.4 is 9.80 Å². The van der Waals surface area contributed by atoms with Gasteiger partial charge in [0, 0.05) is 57.6 Å². The van der Waals surface area contributed by atoms with Crippen molar-refractivity contribution in [2.45, 2.75) is 19.8 Å². The van der Waals surface area contributed by atoms with Gasteiger partial charge in [-0.1, -0.05) is 0 Å². The first-order valence-corrected chi connectivity index (χ1v) is 9.57. The molecule has 142 valence electrons. The minimum Gasteiger partial charge on any atom is -0.355 e. The summed E-state index contributed by atoms with van der Waals surface area (Å²) in [4.78, 5) is 27.9. The smallest absolute Gasteiger partial charge is 0.225 e. The van der Waals surface area contributed by atoms with Crippen molar-refractivity contribution >= 4 is 17.7 Å². The molecule has 0 atom stereocenters. The van der Waals surface area contributed by atoms with Crippen molar-refractivity contribution in [2.75, 3.05) is 49.1 Å². The summed E-state index contributed by atoms with van der Waals surface area (Å²) in [6.45, 7) is 6.69. The normalized spacial score (nSPS) is 18.6. The molecule has 1 amide bonds. The van der Waals surface area contributed by atoms with E-state index in [0.717, 1.165) is 69.6 Å². The molecule has 0 unspecified atom stereocenters. The van der Waals surface area contributed by atoms with E-state index in [-0.39, 0.29) is 5.92 Å². The van der Waals surface area contributed by atoms with Crippen LogP contribution in [0.3, 0.4) is 0 Å². The van der Waals surface area contributed by atoms with Gasteiger partial charge in [0.05, 0.1) is 5.69 Å². The summed E-state index contributed by atoms with van der Waals surface area (Å²) in [5, 5.41) is 8.39. The quantitative estimate of drug-likeness (QED) is 0.805. The van der Waals surface area contributed by atoms with Crippen molar-refractivity contribution in [3.8, 4) is 0 Å². The molecule has 0 radical (unpaired) electrons. The van der Waals surface area contributed by atoms with Crippen LogP contribution in [0.2, 0.25) is 0 Å². The summed E-state index contributed by atoms with van der Waals surface area (Å²) in [6.07, 6.45) is 5.25. The Balaban J connectivity index is 1.28. The van der Waals surface area contributed by atoms with Crippen LogP contribution in [0.15, 0.2) is 30.6 Å². The first-order valence-electron chi connectivity index (χ1n) is 9.57. The Hall–Kier alpha value is -2.77. The number of hydrogen-bond donors (Lipinski definition) is 0. The first-order chi connectivity index (χ1) is 13.2. The monoisotopic (exact) mass is 367 g/mol. The number of nitrogens with zero attached hydrogens (tertiary/aromatic N) is 7. The number of hydrogen-bond acceptors (Lipinski definition) is 7. The van der Waals surface area contributed by atoms with Gasteiger partial charge >= 0.3 is 0 Å². The third-order valence-electron chi connectivity index (χ3n) is 5.38. The number of aryl methyl sites for hydroxylation is 1. The van der Waals surface area contributed by atoms with Crippen LogP contribution >= 0.6 is 0 Å². The molecule has 2 aromatic heterocycles. The molecular formula is C19H25N7O. The third kappa shape index (κ3) is 3.99. The van der Waals surface area contributed by atoms with Gasteiger partial charge < -0.3 is 14.7 Å². The van der Waals surface area contributed by atoms with E-state index in [4.69, 9.17) is 0 Å². The molecule has 4 rings (SSSR count). The maximum absolute atomic E-state index is 12.9. The van der Waals surface area contributed by atoms with Crippen LogP contribution in [0.1, 0.15) is 18.5 Å². The van der Waals surface area contributed by atoms with Gasteiger partial charge in [-0.15, -0.1) is 5.10 Å². The lowest BCUT2D eigenvalue weighted by molar-refractivity contribution is -0.136. The Morgan fingerprint density at radius 1 is 0.926 bits per heavy atom. The molecule has 0 aliphatic carbocycles. The van der Waals surface area contributed by atoms with Gasteiger partial charge in [0.25, 0.3) is 0 Å². The zero-order valence-corrected chi connectivity index (χ0v) is 15.7. The molecule has 2 aromatic rings. The largest absolute Gasteiger partial charge is 0.355 e. The van der Waals surface area contributed by atoms with Gasteiger partial charge in [-0.3, -0.25) is 4.79 Å². The van der Waals surface area contributed by atoms with Crippen molar-refractivity contribution in [1.29, 1.82) is 0 Å². The number of anilines is 2. The molecule has 2 saturated heterocycles. The molecule has 8 heteroatoms. The second-order valence-electron chi connectivity index (χ2n) is 7.16. The summed E-state index contributed by atoms with van der Waals surface area (Å²) in [5.41, 5.74) is 0.920. The Kier molecular flexibility index (Phi) is 5.13. The van der Waals surface area contributed by atoms with Gasteiger partial charge in [0.2, 0.25) is 11.9 Å². The highest BCUT2D eigenvalue weighted by Crippen LogP contribution is 2.24. The van der Waals surface area contributed by atoms with Gasteiger partial charge in [0.15, 0.2) is 5.82 Å². The number of piperidine rings is 1. The number of aromatic nitrogens is 4. The van der Waals surface area contributed by atoms with Crippen LogP contribution in [-0.2, 0) is 4.79 Å². The van der Waals surface area contributed by atoms with E-state index in [1.165, 1.54) is 0 Å². The van der Waals surface area contributed by atoms with E-state index < -0.39 is 0 Å². The molecule has 2 aliphatic rings. The standard InChI is InChI=1S/C19H25N7O/c1-15-3-4-17(23-22-15)24-9-5-16(6-10-24)18(27)25-11-13-26(14-12-25)19-20-7-2-8-21-19/h2-4,7-8,16H,5-6,9-14H2,1H3. The van der Waals surface area contributed by atoms with E-state index in [2.05, 4.69) is 30.0 Å². The highest BCUT2D eigenvalue weighted by atomic mass is 16.2. The predicted molar refractivity (Wildman–Crippen MR) is 103 cm³/mol. The lowest BCUT2D eigenvalue weighted by Gasteiger charge is -2.38. The SMILES string of the molecule is Cc1ccc(N2CCC(C(=O)N3CCN(c4ncccn4)CC3)CC2)nn1. The van der Waals surface area contributed by atoms with Gasteiger partial charge in [-0.25, -0.2) is 9.97 Å². The molecule has 8 nitrogen and oxygen atoms in total. The number of amides is 1. The average Bonchev–Trinajstić information content (AvgIpc) is 2.75. The van der Waals surface area contributed by atoms with Crippen LogP contribution in [0.5, 0.6) is 0 Å². The maximum atomic E-state index is 12.9. The fourth-order valence-corrected chi connectivity index (χ4v) is 3.76. The van der Waals surface area contributed by atoms with Crippen molar-refractivity contribution in [2.24, 2.45) is 5.92 Å². The first kappa shape index (κ1) is 17.6. The lowest BCUT2D eigenvalue weighted by Crippen LogP contribution is -2.52. The number of carbonyl (C=O) groups is 1. The zero-order valence-electron chi connectivity index (χ0n) is 15.7. The molecule has 0 aromatic carbocycles. The van der Waals surface area contributed by atoms with Crippen molar-refractivity contribution < 1.29 is 4.79 Å². The highest BCUT2D eigenvalue weighted by Gasteiger charge is 2.31. The third-order valence-corrected chi connectivity index (χ3v) is 5.38. The molecule has 4 heterocycles. The highest BCUT2D eigenvalue weighted by molar-refractivity contribution is 5.79. The Morgan fingerprint density at radius 2 is 1.63 bits per heavy atom. The van der Waals surface area contributed by atoms with Crippen molar-refractivity contribution in [3.05, 3.63) is 36.3 Å². The number of carbonyl (C=O) groups excluding carboxylic acids is 1. The summed E-state index contributed by atoms with van der Waals surface area (Å²) in [7, 11) is 0. The summed E-state index contributed by atoms with van der Waals surface area (Å²) in [6, 6.07) is 5.81. The predicted octanol–water partition coefficient (Wildman–Crippen LogP) is 1.14. The Bertz CT molecular complexity index is 751. The number of piperazine rings is 1. The van der Waals surface area contributed by atoms with E-state index >= 15 is 0 Å². The van der Waals surface area contributed by atoms with E-state index in [1.54, 1.807) is 12.4 Å². The summed E-state index contributed by atoms with van der Waals surface area (Å²) in [5.74, 6) is 2.05. The fourth-order valence-electron chi connectivity index (χ4n) is 3.76. The second-order valence-corrected chi connectivity index (χ2v) is 7.16. The van der Waals surface area contributed by atoms with E-state index in [0.29, 0.717) is 5.91 Å². The number of rotatable bonds is 3. The Morgan fingerprint density at radius 3 is 2.26 bits per heavy atom. The van der Waals surface area contributed by atoms with Crippen LogP contribution in [0.4, 0.5) is 11.8 Å². The average molecular weight is 367 g/mol. The molecule has 0 spiro atoms. The Labute approximate surface area is 159 Å². The maximum Gasteiger partial charge on any atom is 0.225 e. The second kappa shape index (κ2) is 7.85. The van der Waals surface area contributed by atoms with E-state index in [9.17, 15) is 4.79 Å². The fraction of sp³-hybridized carbons (Fsp3) is 0.526. The lowest BCUT2D eigenvalue weighted by atomic mass is 9.95. The van der Waals surface area contributed by atoms with Crippen molar-refractivity contribution in [3.63, 3.8) is 0 Å². The molecule has 27 heavy (non-hydrogen) atoms. The van der Waals surface area contributed by atoms with Crippen LogP contribution in [-0.4, -0.2) is 70.2 Å². The van der Waals surface area contributed by atoms with Crippen LogP contribution in [0, 0.1) is 12.8 Å². The van der Waals surface area contributed by atoms with Gasteiger partial charge in [0.1, 0.15) is 0 Å². The van der Waals surface area contributed by atoms with Gasteiger partial charge in [-0.05, 0) is 38.0 Å². The van der Waals surface area contributed by atoms with Gasteiger partial charge in [-0.2, -0.15) is 5.10 Å². The molecule has 0 N–H and O–H groups in total. The minimum atomic E-state index is 0.110. The topological polar surface area (TPSA) is 78.4 Å². The van der Waals surface area contributed by atoms with Crippen LogP contribution in [0.25, 0.3) is 0 Å². The molecular weight excluding hydrogens is 342 g/mol. The van der Waals surface area contributed by atoms with Crippen molar-refractivity contribution in [1.82, 2.24) is 25.1 Å². The molecule has 2 fully saturated rings. The molecule has 0 saturated carbocycles. The molecule has 2 aliphatic heterocycles. The minimum absolute atomic E-state index is 0.110.